The van der Waals surface area contributed by atoms with E-state index in [1.54, 1.807) is 0 Å². The molecular weight excluding hydrogens is 236 g/mol. The van der Waals surface area contributed by atoms with Gasteiger partial charge in [0, 0.05) is 12.7 Å². The topological polar surface area (TPSA) is 42.7 Å². The second-order valence-corrected chi connectivity index (χ2v) is 4.33. The molecule has 0 aliphatic heterocycles. The van der Waals surface area contributed by atoms with Gasteiger partial charge in [0.2, 0.25) is 0 Å². The van der Waals surface area contributed by atoms with Crippen molar-refractivity contribution in [2.24, 2.45) is 0 Å². The average molecular weight is 251 g/mol. The van der Waals surface area contributed by atoms with E-state index in [2.05, 4.69) is 15.3 Å². The Morgan fingerprint density at radius 2 is 2.12 bits per heavy atom. The molecule has 0 spiro atoms. The van der Waals surface area contributed by atoms with Crippen molar-refractivity contribution in [3.63, 3.8) is 0 Å². The summed E-state index contributed by atoms with van der Waals surface area (Å²) in [6, 6.07) is 3.71. The standard InChI is InChI=1S/C12H15ClN4/c1-8-9(2)17(7-15-8)6-11-10(13)4-5-12(14-3)16-11/h4-5,7H,6H2,1-3H3,(H,14,16). The second kappa shape index (κ2) is 4.75. The average Bonchev–Trinajstić information content (AvgIpc) is 2.64. The molecule has 17 heavy (non-hydrogen) atoms. The fraction of sp³-hybridized carbons (Fsp3) is 0.333. The number of hydrogen-bond acceptors (Lipinski definition) is 3. The lowest BCUT2D eigenvalue weighted by Gasteiger charge is -2.08. The molecule has 2 heterocycles. The van der Waals surface area contributed by atoms with Crippen molar-refractivity contribution in [3.8, 4) is 0 Å². The summed E-state index contributed by atoms with van der Waals surface area (Å²) in [5.41, 5.74) is 3.02. The van der Waals surface area contributed by atoms with Gasteiger partial charge in [-0.2, -0.15) is 0 Å². The molecule has 0 unspecified atom stereocenters. The summed E-state index contributed by atoms with van der Waals surface area (Å²) in [6.45, 7) is 4.67. The van der Waals surface area contributed by atoms with Gasteiger partial charge in [-0.05, 0) is 26.0 Å². The molecule has 2 rings (SSSR count). The van der Waals surface area contributed by atoms with E-state index >= 15 is 0 Å². The van der Waals surface area contributed by atoms with Crippen LogP contribution in [0.4, 0.5) is 5.82 Å². The van der Waals surface area contributed by atoms with Crippen LogP contribution >= 0.6 is 11.6 Å². The summed E-state index contributed by atoms with van der Waals surface area (Å²) in [7, 11) is 1.84. The number of nitrogens with zero attached hydrogens (tertiary/aromatic N) is 3. The lowest BCUT2D eigenvalue weighted by atomic mass is 10.3. The molecule has 0 atom stereocenters. The minimum absolute atomic E-state index is 0.640. The number of nitrogens with one attached hydrogen (secondary N) is 1. The van der Waals surface area contributed by atoms with Gasteiger partial charge in [0.25, 0.3) is 0 Å². The smallest absolute Gasteiger partial charge is 0.126 e. The lowest BCUT2D eigenvalue weighted by Crippen LogP contribution is -2.05. The van der Waals surface area contributed by atoms with Crippen LogP contribution in [0.3, 0.4) is 0 Å². The van der Waals surface area contributed by atoms with Gasteiger partial charge >= 0.3 is 0 Å². The molecule has 0 radical (unpaired) electrons. The number of halogens is 1. The number of aryl methyl sites for hydroxylation is 1. The van der Waals surface area contributed by atoms with Crippen LogP contribution in [-0.4, -0.2) is 21.6 Å². The quantitative estimate of drug-likeness (QED) is 0.911. The molecular formula is C12H15ClN4. The highest BCUT2D eigenvalue weighted by Gasteiger charge is 2.07. The lowest BCUT2D eigenvalue weighted by molar-refractivity contribution is 0.749. The van der Waals surface area contributed by atoms with Gasteiger partial charge in [0.15, 0.2) is 0 Å². The van der Waals surface area contributed by atoms with E-state index in [0.717, 1.165) is 22.9 Å². The predicted octanol–water partition coefficient (Wildman–Crippen LogP) is 2.64. The minimum Gasteiger partial charge on any atom is -0.373 e. The van der Waals surface area contributed by atoms with Crippen LogP contribution in [0.15, 0.2) is 18.5 Å². The van der Waals surface area contributed by atoms with Crippen LogP contribution in [0.2, 0.25) is 5.02 Å². The SMILES string of the molecule is CNc1ccc(Cl)c(Cn2cnc(C)c2C)n1. The highest BCUT2D eigenvalue weighted by atomic mass is 35.5. The van der Waals surface area contributed by atoms with Gasteiger partial charge in [0.05, 0.1) is 29.3 Å². The first kappa shape index (κ1) is 11.9. The largest absolute Gasteiger partial charge is 0.373 e. The van der Waals surface area contributed by atoms with Crippen molar-refractivity contribution < 1.29 is 0 Å². The van der Waals surface area contributed by atoms with Crippen LogP contribution in [0.1, 0.15) is 17.1 Å². The molecule has 2 aromatic rings. The molecule has 0 aliphatic carbocycles. The molecule has 0 saturated heterocycles. The Balaban J connectivity index is 2.32. The first-order valence-electron chi connectivity index (χ1n) is 5.43. The van der Waals surface area contributed by atoms with Crippen molar-refractivity contribution in [1.82, 2.24) is 14.5 Å². The van der Waals surface area contributed by atoms with E-state index in [9.17, 15) is 0 Å². The fourth-order valence-corrected chi connectivity index (χ4v) is 1.76. The van der Waals surface area contributed by atoms with Crippen molar-refractivity contribution >= 4 is 17.4 Å². The van der Waals surface area contributed by atoms with Crippen molar-refractivity contribution in [2.45, 2.75) is 20.4 Å². The Bertz CT molecular complexity index is 533. The van der Waals surface area contributed by atoms with E-state index in [1.807, 2.05) is 43.9 Å². The number of anilines is 1. The van der Waals surface area contributed by atoms with E-state index in [1.165, 1.54) is 0 Å². The molecule has 2 aromatic heterocycles. The minimum atomic E-state index is 0.640. The second-order valence-electron chi connectivity index (χ2n) is 3.92. The third-order valence-electron chi connectivity index (χ3n) is 2.84. The Hall–Kier alpha value is -1.55. The van der Waals surface area contributed by atoms with Crippen molar-refractivity contribution in [3.05, 3.63) is 40.6 Å². The Labute approximate surface area is 106 Å². The fourth-order valence-electron chi connectivity index (χ4n) is 1.60. The number of hydrogen-bond donors (Lipinski definition) is 1. The summed E-state index contributed by atoms with van der Waals surface area (Å²) >= 11 is 6.14. The molecule has 0 fully saturated rings. The molecule has 0 aliphatic rings. The summed E-state index contributed by atoms with van der Waals surface area (Å²) < 4.78 is 2.04. The molecule has 0 aromatic carbocycles. The van der Waals surface area contributed by atoms with Gasteiger partial charge in [-0.25, -0.2) is 9.97 Å². The van der Waals surface area contributed by atoms with E-state index in [4.69, 9.17) is 11.6 Å². The van der Waals surface area contributed by atoms with Gasteiger partial charge in [0.1, 0.15) is 5.82 Å². The van der Waals surface area contributed by atoms with Crippen molar-refractivity contribution in [2.75, 3.05) is 12.4 Å². The van der Waals surface area contributed by atoms with Gasteiger partial charge < -0.3 is 9.88 Å². The zero-order valence-electron chi connectivity index (χ0n) is 10.2. The van der Waals surface area contributed by atoms with Crippen molar-refractivity contribution in [1.29, 1.82) is 0 Å². The van der Waals surface area contributed by atoms with Crippen LogP contribution in [0.5, 0.6) is 0 Å². The molecule has 0 amide bonds. The van der Waals surface area contributed by atoms with E-state index < -0.39 is 0 Å². The van der Waals surface area contributed by atoms with Gasteiger partial charge in [-0.15, -0.1) is 0 Å². The molecule has 0 bridgehead atoms. The predicted molar refractivity (Wildman–Crippen MR) is 69.6 cm³/mol. The molecule has 1 N–H and O–H groups in total. The zero-order chi connectivity index (χ0) is 12.4. The van der Waals surface area contributed by atoms with Gasteiger partial charge in [-0.1, -0.05) is 11.6 Å². The van der Waals surface area contributed by atoms with Crippen LogP contribution in [0.25, 0.3) is 0 Å². The number of rotatable bonds is 3. The normalized spacial score (nSPS) is 10.6. The maximum Gasteiger partial charge on any atom is 0.126 e. The monoisotopic (exact) mass is 250 g/mol. The maximum absolute atomic E-state index is 6.14. The summed E-state index contributed by atoms with van der Waals surface area (Å²) in [6.07, 6.45) is 1.81. The molecule has 5 heteroatoms. The van der Waals surface area contributed by atoms with Gasteiger partial charge in [-0.3, -0.25) is 0 Å². The Kier molecular flexibility index (Phi) is 3.33. The first-order chi connectivity index (χ1) is 8.11. The number of aromatic nitrogens is 3. The summed E-state index contributed by atoms with van der Waals surface area (Å²) in [4.78, 5) is 8.71. The summed E-state index contributed by atoms with van der Waals surface area (Å²) in [5, 5.41) is 3.68. The highest BCUT2D eigenvalue weighted by molar-refractivity contribution is 6.31. The highest BCUT2D eigenvalue weighted by Crippen LogP contribution is 2.18. The van der Waals surface area contributed by atoms with Crippen LogP contribution in [-0.2, 0) is 6.54 Å². The number of imidazole rings is 1. The molecule has 4 nitrogen and oxygen atoms in total. The molecule has 90 valence electrons. The summed E-state index contributed by atoms with van der Waals surface area (Å²) in [5.74, 6) is 0.818. The third kappa shape index (κ3) is 2.42. The van der Waals surface area contributed by atoms with E-state index in [0.29, 0.717) is 11.6 Å². The first-order valence-corrected chi connectivity index (χ1v) is 5.81. The van der Waals surface area contributed by atoms with Crippen LogP contribution in [0, 0.1) is 13.8 Å². The maximum atomic E-state index is 6.14. The Morgan fingerprint density at radius 3 is 2.71 bits per heavy atom. The molecule has 0 saturated carbocycles. The zero-order valence-corrected chi connectivity index (χ0v) is 10.9. The number of pyridine rings is 1. The Morgan fingerprint density at radius 1 is 1.35 bits per heavy atom. The van der Waals surface area contributed by atoms with E-state index in [-0.39, 0.29) is 0 Å². The van der Waals surface area contributed by atoms with Crippen LogP contribution < -0.4 is 5.32 Å². The third-order valence-corrected chi connectivity index (χ3v) is 3.18.